The van der Waals surface area contributed by atoms with Crippen LogP contribution in [0.15, 0.2) is 30.3 Å². The molecule has 0 heterocycles. The molecule has 0 aliphatic heterocycles. The molecular formula is C17H17FN2O4. The number of anilines is 1. The molecule has 2 aromatic carbocycles. The second-order valence-electron chi connectivity index (χ2n) is 5.04. The van der Waals surface area contributed by atoms with Gasteiger partial charge >= 0.3 is 0 Å². The third-order valence-electron chi connectivity index (χ3n) is 3.46. The lowest BCUT2D eigenvalue weighted by Crippen LogP contribution is -2.19. The summed E-state index contributed by atoms with van der Waals surface area (Å²) in [4.78, 5) is 24.0. The number of benzene rings is 2. The molecule has 24 heavy (non-hydrogen) atoms. The lowest BCUT2D eigenvalue weighted by molar-refractivity contribution is 0.100. The van der Waals surface area contributed by atoms with Gasteiger partial charge in [-0.15, -0.1) is 0 Å². The van der Waals surface area contributed by atoms with Gasteiger partial charge in [-0.2, -0.15) is 0 Å². The van der Waals surface area contributed by atoms with E-state index in [1.54, 1.807) is 6.92 Å². The smallest absolute Gasteiger partial charge is 0.255 e. The van der Waals surface area contributed by atoms with Crippen LogP contribution in [0, 0.1) is 12.7 Å². The number of nitrogens with one attached hydrogen (secondary N) is 1. The van der Waals surface area contributed by atoms with Crippen molar-refractivity contribution in [1.29, 1.82) is 0 Å². The molecule has 2 amide bonds. The Morgan fingerprint density at radius 2 is 1.71 bits per heavy atom. The molecule has 6 nitrogen and oxygen atoms in total. The number of amides is 2. The van der Waals surface area contributed by atoms with Crippen molar-refractivity contribution in [1.82, 2.24) is 0 Å². The third kappa shape index (κ3) is 3.45. The predicted octanol–water partition coefficient (Wildman–Crippen LogP) is 2.50. The van der Waals surface area contributed by atoms with Crippen molar-refractivity contribution >= 4 is 17.5 Å². The Balaban J connectivity index is 2.41. The number of rotatable bonds is 5. The van der Waals surface area contributed by atoms with Gasteiger partial charge in [-0.3, -0.25) is 9.59 Å². The van der Waals surface area contributed by atoms with Crippen LogP contribution >= 0.6 is 0 Å². The summed E-state index contributed by atoms with van der Waals surface area (Å²) >= 11 is 0. The second-order valence-corrected chi connectivity index (χ2v) is 5.04. The predicted molar refractivity (Wildman–Crippen MR) is 87.2 cm³/mol. The quantitative estimate of drug-likeness (QED) is 0.880. The van der Waals surface area contributed by atoms with Gasteiger partial charge in [-0.25, -0.2) is 4.39 Å². The van der Waals surface area contributed by atoms with E-state index in [1.807, 2.05) is 0 Å². The van der Waals surface area contributed by atoms with Crippen molar-refractivity contribution in [2.75, 3.05) is 19.5 Å². The van der Waals surface area contributed by atoms with Crippen LogP contribution in [-0.2, 0) is 0 Å². The highest BCUT2D eigenvalue weighted by Gasteiger charge is 2.17. The average Bonchev–Trinajstić information content (AvgIpc) is 2.56. The van der Waals surface area contributed by atoms with Crippen molar-refractivity contribution in [3.8, 4) is 11.5 Å². The van der Waals surface area contributed by atoms with Crippen LogP contribution in [0.25, 0.3) is 0 Å². The minimum atomic E-state index is -0.735. The maximum absolute atomic E-state index is 13.3. The van der Waals surface area contributed by atoms with E-state index < -0.39 is 17.6 Å². The summed E-state index contributed by atoms with van der Waals surface area (Å²) in [5.41, 5.74) is 6.18. The molecule has 0 radical (unpaired) electrons. The summed E-state index contributed by atoms with van der Waals surface area (Å²) in [5, 5.41) is 2.58. The second kappa shape index (κ2) is 6.99. The zero-order chi connectivity index (χ0) is 17.9. The number of aryl methyl sites for hydroxylation is 1. The Bertz CT molecular complexity index is 805. The molecule has 0 atom stereocenters. The Morgan fingerprint density at radius 3 is 2.25 bits per heavy atom. The third-order valence-corrected chi connectivity index (χ3v) is 3.46. The van der Waals surface area contributed by atoms with Crippen LogP contribution in [0.3, 0.4) is 0 Å². The largest absolute Gasteiger partial charge is 0.493 e. The van der Waals surface area contributed by atoms with E-state index in [0.29, 0.717) is 17.1 Å². The highest BCUT2D eigenvalue weighted by molar-refractivity contribution is 6.09. The first kappa shape index (κ1) is 17.3. The van der Waals surface area contributed by atoms with E-state index in [0.717, 1.165) is 0 Å². The van der Waals surface area contributed by atoms with Crippen molar-refractivity contribution in [3.05, 3.63) is 52.8 Å². The fourth-order valence-electron chi connectivity index (χ4n) is 2.17. The maximum atomic E-state index is 13.3. The van der Waals surface area contributed by atoms with Crippen LogP contribution in [0.1, 0.15) is 26.3 Å². The SMILES string of the molecule is COc1cc(NC(=O)c2ccc(F)c(C)c2)c(C(N)=O)cc1OC. The van der Waals surface area contributed by atoms with Gasteiger partial charge in [0.2, 0.25) is 0 Å². The molecule has 0 saturated heterocycles. The summed E-state index contributed by atoms with van der Waals surface area (Å²) in [6.07, 6.45) is 0. The molecule has 0 saturated carbocycles. The van der Waals surface area contributed by atoms with Crippen LogP contribution in [-0.4, -0.2) is 26.0 Å². The van der Waals surface area contributed by atoms with Crippen molar-refractivity contribution in [2.24, 2.45) is 5.73 Å². The minimum Gasteiger partial charge on any atom is -0.493 e. The van der Waals surface area contributed by atoms with Crippen LogP contribution in [0.4, 0.5) is 10.1 Å². The van der Waals surface area contributed by atoms with Gasteiger partial charge in [-0.05, 0) is 36.8 Å². The Labute approximate surface area is 138 Å². The maximum Gasteiger partial charge on any atom is 0.255 e. The van der Waals surface area contributed by atoms with E-state index in [9.17, 15) is 14.0 Å². The Morgan fingerprint density at radius 1 is 1.08 bits per heavy atom. The summed E-state index contributed by atoms with van der Waals surface area (Å²) in [7, 11) is 2.85. The van der Waals surface area contributed by atoms with E-state index in [1.165, 1.54) is 44.6 Å². The molecule has 0 spiro atoms. The van der Waals surface area contributed by atoms with Crippen LogP contribution < -0.4 is 20.5 Å². The summed E-state index contributed by atoms with van der Waals surface area (Å²) < 4.78 is 23.6. The minimum absolute atomic E-state index is 0.0693. The fourth-order valence-corrected chi connectivity index (χ4v) is 2.17. The molecule has 0 aliphatic rings. The first-order valence-corrected chi connectivity index (χ1v) is 7.00. The summed E-state index contributed by atoms with van der Waals surface area (Å²) in [6, 6.07) is 6.78. The van der Waals surface area contributed by atoms with Gasteiger partial charge in [0.1, 0.15) is 5.82 Å². The van der Waals surface area contributed by atoms with E-state index >= 15 is 0 Å². The number of methoxy groups -OCH3 is 2. The number of ether oxygens (including phenoxy) is 2. The molecule has 7 heteroatoms. The number of nitrogens with two attached hydrogens (primary N) is 1. The lowest BCUT2D eigenvalue weighted by Gasteiger charge is -2.14. The molecular weight excluding hydrogens is 315 g/mol. The number of carbonyl (C=O) groups is 2. The van der Waals surface area contributed by atoms with Crippen molar-refractivity contribution in [2.45, 2.75) is 6.92 Å². The van der Waals surface area contributed by atoms with Crippen molar-refractivity contribution in [3.63, 3.8) is 0 Å². The molecule has 0 bridgehead atoms. The van der Waals surface area contributed by atoms with Crippen LogP contribution in [0.2, 0.25) is 0 Å². The number of halogens is 1. The number of carbonyl (C=O) groups excluding carboxylic acids is 2. The molecule has 2 rings (SSSR count). The number of hydrogen-bond acceptors (Lipinski definition) is 4. The fraction of sp³-hybridized carbons (Fsp3) is 0.176. The van der Waals surface area contributed by atoms with Crippen LogP contribution in [0.5, 0.6) is 11.5 Å². The highest BCUT2D eigenvalue weighted by atomic mass is 19.1. The van der Waals surface area contributed by atoms with Gasteiger partial charge in [0.05, 0.1) is 25.5 Å². The van der Waals surface area contributed by atoms with E-state index in [2.05, 4.69) is 5.32 Å². The highest BCUT2D eigenvalue weighted by Crippen LogP contribution is 2.33. The van der Waals surface area contributed by atoms with Gasteiger partial charge in [-0.1, -0.05) is 0 Å². The molecule has 126 valence electrons. The first-order valence-electron chi connectivity index (χ1n) is 7.00. The van der Waals surface area contributed by atoms with Gasteiger partial charge in [0.25, 0.3) is 11.8 Å². The van der Waals surface area contributed by atoms with E-state index in [-0.39, 0.29) is 16.8 Å². The zero-order valence-electron chi connectivity index (χ0n) is 13.5. The van der Waals surface area contributed by atoms with Gasteiger partial charge in [0, 0.05) is 11.6 Å². The molecule has 0 aliphatic carbocycles. The lowest BCUT2D eigenvalue weighted by atomic mass is 10.1. The Hall–Kier alpha value is -3.09. The summed E-state index contributed by atoms with van der Waals surface area (Å²) in [6.45, 7) is 1.55. The molecule has 3 N–H and O–H groups in total. The molecule has 0 aromatic heterocycles. The van der Waals surface area contributed by atoms with Crippen molar-refractivity contribution < 1.29 is 23.5 Å². The average molecular weight is 332 g/mol. The Kier molecular flexibility index (Phi) is 5.03. The van der Waals surface area contributed by atoms with Gasteiger partial charge < -0.3 is 20.5 Å². The molecule has 0 unspecified atom stereocenters. The number of hydrogen-bond donors (Lipinski definition) is 2. The normalized spacial score (nSPS) is 10.2. The topological polar surface area (TPSA) is 90.6 Å². The molecule has 2 aromatic rings. The monoisotopic (exact) mass is 332 g/mol. The van der Waals surface area contributed by atoms with E-state index in [4.69, 9.17) is 15.2 Å². The standard InChI is InChI=1S/C17H17FN2O4/c1-9-6-10(4-5-12(9)18)17(22)20-13-8-15(24-3)14(23-2)7-11(13)16(19)21/h4-8H,1-3H3,(H2,19,21)(H,20,22). The zero-order valence-corrected chi connectivity index (χ0v) is 13.5. The molecule has 0 fully saturated rings. The van der Waals surface area contributed by atoms with Gasteiger partial charge in [0.15, 0.2) is 11.5 Å². The summed E-state index contributed by atoms with van der Waals surface area (Å²) in [5.74, 6) is -1.01. The number of primary amides is 1. The first-order chi connectivity index (χ1) is 11.4.